The molecule has 0 radical (unpaired) electrons. The van der Waals surface area contributed by atoms with Gasteiger partial charge in [-0.25, -0.2) is 0 Å². The van der Waals surface area contributed by atoms with Gasteiger partial charge in [0.15, 0.2) is 17.2 Å². The number of hydrogen-bond acceptors (Lipinski definition) is 4. The van der Waals surface area contributed by atoms with Gasteiger partial charge in [-0.15, -0.1) is 0 Å². The van der Waals surface area contributed by atoms with E-state index in [1.807, 2.05) is 25.3 Å². The van der Waals surface area contributed by atoms with Crippen molar-refractivity contribution in [1.29, 1.82) is 0 Å². The van der Waals surface area contributed by atoms with Crippen LogP contribution >= 0.6 is 11.3 Å². The lowest BCUT2D eigenvalue weighted by Gasteiger charge is -2.01. The standard InChI is InChI=1S/C16H13NO3S/c1-17-11-4-2-3-5-14(11)21-15(17)7-6-10-8-12(18)16(20)13(19)9-10/h2-9,18-19H,1H3/p+1. The van der Waals surface area contributed by atoms with Crippen LogP contribution in [-0.4, -0.2) is 15.3 Å². The van der Waals surface area contributed by atoms with Crippen molar-refractivity contribution in [3.63, 3.8) is 0 Å². The van der Waals surface area contributed by atoms with E-state index in [2.05, 4.69) is 16.7 Å². The van der Waals surface area contributed by atoms with Gasteiger partial charge in [-0.05, 0) is 29.8 Å². The van der Waals surface area contributed by atoms with E-state index in [4.69, 9.17) is 0 Å². The van der Waals surface area contributed by atoms with Gasteiger partial charge in [0.1, 0.15) is 11.7 Å². The van der Waals surface area contributed by atoms with Crippen LogP contribution in [0, 0.1) is 0 Å². The lowest BCUT2D eigenvalue weighted by molar-refractivity contribution is -0.642. The Morgan fingerprint density at radius 2 is 1.67 bits per heavy atom. The number of phenolic OH excluding ortho intramolecular Hbond substituents is 3. The number of aromatic hydroxyl groups is 3. The van der Waals surface area contributed by atoms with Crippen LogP contribution in [0.15, 0.2) is 36.4 Å². The van der Waals surface area contributed by atoms with Crippen LogP contribution in [0.4, 0.5) is 0 Å². The van der Waals surface area contributed by atoms with Crippen molar-refractivity contribution in [1.82, 2.24) is 0 Å². The summed E-state index contributed by atoms with van der Waals surface area (Å²) in [6, 6.07) is 10.9. The quantitative estimate of drug-likeness (QED) is 0.503. The first kappa shape index (κ1) is 13.5. The van der Waals surface area contributed by atoms with E-state index >= 15 is 0 Å². The topological polar surface area (TPSA) is 64.6 Å². The molecule has 1 heterocycles. The average molecular weight is 300 g/mol. The van der Waals surface area contributed by atoms with Crippen molar-refractivity contribution in [2.24, 2.45) is 7.05 Å². The molecule has 5 heteroatoms. The molecule has 0 spiro atoms. The SMILES string of the molecule is C[n+]1c(/C=C/c2cc(O)c(O)c(O)c2)sc2ccccc21. The molecule has 106 valence electrons. The highest BCUT2D eigenvalue weighted by molar-refractivity contribution is 7.18. The van der Waals surface area contributed by atoms with Gasteiger partial charge in [0.2, 0.25) is 5.52 Å². The largest absolute Gasteiger partial charge is 0.504 e. The molecule has 0 saturated carbocycles. The van der Waals surface area contributed by atoms with Crippen molar-refractivity contribution in [3.8, 4) is 17.2 Å². The van der Waals surface area contributed by atoms with E-state index in [0.717, 1.165) is 10.5 Å². The first-order valence-corrected chi connectivity index (χ1v) is 7.18. The van der Waals surface area contributed by atoms with Crippen LogP contribution < -0.4 is 4.57 Å². The fourth-order valence-corrected chi connectivity index (χ4v) is 3.21. The number of nitrogens with zero attached hydrogens (tertiary/aromatic N) is 1. The first-order valence-electron chi connectivity index (χ1n) is 6.37. The van der Waals surface area contributed by atoms with Crippen LogP contribution in [0.3, 0.4) is 0 Å². The van der Waals surface area contributed by atoms with Crippen LogP contribution in [-0.2, 0) is 7.05 Å². The molecule has 0 unspecified atom stereocenters. The van der Waals surface area contributed by atoms with Crippen LogP contribution in [0.25, 0.3) is 22.4 Å². The number of para-hydroxylation sites is 1. The zero-order valence-electron chi connectivity index (χ0n) is 11.3. The number of fused-ring (bicyclic) bond motifs is 1. The molecule has 4 nitrogen and oxygen atoms in total. The maximum Gasteiger partial charge on any atom is 0.262 e. The van der Waals surface area contributed by atoms with Crippen LogP contribution in [0.1, 0.15) is 10.6 Å². The zero-order chi connectivity index (χ0) is 15.0. The van der Waals surface area contributed by atoms with Gasteiger partial charge >= 0.3 is 0 Å². The number of thiazole rings is 1. The predicted octanol–water partition coefficient (Wildman–Crippen LogP) is 3.01. The third kappa shape index (κ3) is 2.43. The maximum absolute atomic E-state index is 9.50. The van der Waals surface area contributed by atoms with Crippen molar-refractivity contribution in [2.45, 2.75) is 0 Å². The van der Waals surface area contributed by atoms with Crippen molar-refractivity contribution >= 4 is 33.7 Å². The Balaban J connectivity index is 2.00. The summed E-state index contributed by atoms with van der Waals surface area (Å²) in [5.41, 5.74) is 1.76. The lowest BCUT2D eigenvalue weighted by atomic mass is 10.1. The number of phenols is 3. The maximum atomic E-state index is 9.50. The van der Waals surface area contributed by atoms with Gasteiger partial charge in [-0.3, -0.25) is 0 Å². The van der Waals surface area contributed by atoms with Gasteiger partial charge in [0.25, 0.3) is 5.01 Å². The fraction of sp³-hybridized carbons (Fsp3) is 0.0625. The lowest BCUT2D eigenvalue weighted by Crippen LogP contribution is -2.28. The monoisotopic (exact) mass is 300 g/mol. The van der Waals surface area contributed by atoms with Crippen molar-refractivity contribution in [2.75, 3.05) is 0 Å². The Kier molecular flexibility index (Phi) is 3.27. The highest BCUT2D eigenvalue weighted by atomic mass is 32.1. The van der Waals surface area contributed by atoms with Gasteiger partial charge in [0, 0.05) is 12.1 Å². The van der Waals surface area contributed by atoms with Crippen molar-refractivity contribution < 1.29 is 19.9 Å². The molecule has 0 bridgehead atoms. The van der Waals surface area contributed by atoms with E-state index < -0.39 is 5.75 Å². The summed E-state index contributed by atoms with van der Waals surface area (Å²) in [7, 11) is 1.99. The molecule has 21 heavy (non-hydrogen) atoms. The van der Waals surface area contributed by atoms with E-state index in [0.29, 0.717) is 5.56 Å². The Bertz CT molecular complexity index is 829. The zero-order valence-corrected chi connectivity index (χ0v) is 12.1. The highest BCUT2D eigenvalue weighted by Crippen LogP contribution is 2.35. The molecule has 0 saturated heterocycles. The minimum absolute atomic E-state index is 0.338. The Hall–Kier alpha value is -2.53. The predicted molar refractivity (Wildman–Crippen MR) is 83.4 cm³/mol. The van der Waals surface area contributed by atoms with Crippen molar-refractivity contribution in [3.05, 3.63) is 47.0 Å². The molecule has 0 amide bonds. The normalized spacial score (nSPS) is 11.5. The molecule has 0 aliphatic heterocycles. The number of aromatic nitrogens is 1. The van der Waals surface area contributed by atoms with Gasteiger partial charge < -0.3 is 15.3 Å². The second-order valence-electron chi connectivity index (χ2n) is 4.71. The van der Waals surface area contributed by atoms with Gasteiger partial charge in [-0.2, -0.15) is 4.57 Å². The third-order valence-corrected chi connectivity index (χ3v) is 4.47. The molecule has 0 fully saturated rings. The van der Waals surface area contributed by atoms with Gasteiger partial charge in [0.05, 0.1) is 0 Å². The first-order chi connectivity index (χ1) is 10.1. The molecule has 2 aromatic carbocycles. The van der Waals surface area contributed by atoms with Gasteiger partial charge in [-0.1, -0.05) is 23.5 Å². The molecular weight excluding hydrogens is 286 g/mol. The highest BCUT2D eigenvalue weighted by Gasteiger charge is 2.13. The Labute approximate surface area is 125 Å². The molecule has 0 aliphatic rings. The molecule has 0 atom stereocenters. The third-order valence-electron chi connectivity index (χ3n) is 3.28. The smallest absolute Gasteiger partial charge is 0.262 e. The van der Waals surface area contributed by atoms with E-state index in [9.17, 15) is 15.3 Å². The minimum atomic E-state index is -0.500. The number of hydrogen-bond donors (Lipinski definition) is 3. The summed E-state index contributed by atoms with van der Waals surface area (Å²) in [5.74, 6) is -1.18. The summed E-state index contributed by atoms with van der Waals surface area (Å²) in [6.45, 7) is 0. The molecule has 3 N–H and O–H groups in total. The molecular formula is C16H14NO3S+. The summed E-state index contributed by atoms with van der Waals surface area (Å²) in [5, 5.41) is 29.4. The molecule has 3 aromatic rings. The second-order valence-corrected chi connectivity index (χ2v) is 5.77. The minimum Gasteiger partial charge on any atom is -0.504 e. The molecule has 0 aliphatic carbocycles. The van der Waals surface area contributed by atoms with E-state index in [1.165, 1.54) is 16.8 Å². The Morgan fingerprint density at radius 3 is 2.33 bits per heavy atom. The van der Waals surface area contributed by atoms with Crippen LogP contribution in [0.2, 0.25) is 0 Å². The number of aryl methyl sites for hydroxylation is 1. The molecule has 1 aromatic heterocycles. The summed E-state index contributed by atoms with van der Waals surface area (Å²) in [4.78, 5) is 0. The number of benzene rings is 2. The van der Waals surface area contributed by atoms with E-state index in [1.54, 1.807) is 17.4 Å². The average Bonchev–Trinajstić information content (AvgIpc) is 2.79. The number of rotatable bonds is 2. The summed E-state index contributed by atoms with van der Waals surface area (Å²) >= 11 is 1.66. The summed E-state index contributed by atoms with van der Waals surface area (Å²) < 4.78 is 3.27. The Morgan fingerprint density at radius 1 is 1.00 bits per heavy atom. The molecule has 3 rings (SSSR count). The van der Waals surface area contributed by atoms with E-state index in [-0.39, 0.29) is 11.5 Å². The summed E-state index contributed by atoms with van der Waals surface area (Å²) in [6.07, 6.45) is 3.69. The van der Waals surface area contributed by atoms with Crippen LogP contribution in [0.5, 0.6) is 17.2 Å². The fourth-order valence-electron chi connectivity index (χ4n) is 2.16. The second kappa shape index (κ2) is 5.10.